The monoisotopic (exact) mass is 244 g/mol. The Kier molecular flexibility index (Phi) is 5.58. The van der Waals surface area contributed by atoms with Gasteiger partial charge in [0.05, 0.1) is 0 Å². The standard InChI is InChI=1S/C9H16N4O2S/c10-8(13-15)3-1-2-4-11-5-7-6-16-9(14)12-7/h6,11,15H,1-5H2,(H2,10,13)(H,12,14). The molecule has 1 rings (SSSR count). The number of H-pyrrole nitrogens is 1. The highest BCUT2D eigenvalue weighted by Gasteiger charge is 1.96. The summed E-state index contributed by atoms with van der Waals surface area (Å²) in [6.07, 6.45) is 2.43. The maximum Gasteiger partial charge on any atom is 0.304 e. The van der Waals surface area contributed by atoms with E-state index in [0.717, 1.165) is 25.1 Å². The van der Waals surface area contributed by atoms with Crippen LogP contribution in [-0.2, 0) is 6.54 Å². The van der Waals surface area contributed by atoms with Gasteiger partial charge in [-0.25, -0.2) is 0 Å². The molecule has 6 nitrogen and oxygen atoms in total. The van der Waals surface area contributed by atoms with Gasteiger partial charge in [0.25, 0.3) is 0 Å². The highest BCUT2D eigenvalue weighted by molar-refractivity contribution is 7.07. The maximum atomic E-state index is 10.8. The van der Waals surface area contributed by atoms with E-state index in [1.807, 2.05) is 5.38 Å². The summed E-state index contributed by atoms with van der Waals surface area (Å²) in [5.74, 6) is 0.266. The van der Waals surface area contributed by atoms with E-state index in [1.54, 1.807) is 0 Å². The second-order valence-corrected chi connectivity index (χ2v) is 4.24. The molecule has 0 aliphatic carbocycles. The fraction of sp³-hybridized carbons (Fsp3) is 0.556. The third-order valence-corrected chi connectivity index (χ3v) is 2.77. The Hall–Kier alpha value is -1.34. The number of hydrogen-bond acceptors (Lipinski definition) is 5. The van der Waals surface area contributed by atoms with Crippen molar-refractivity contribution in [3.05, 3.63) is 20.7 Å². The molecule has 0 aliphatic rings. The second-order valence-electron chi connectivity index (χ2n) is 3.40. The van der Waals surface area contributed by atoms with Crippen molar-refractivity contribution in [1.82, 2.24) is 10.3 Å². The second kappa shape index (κ2) is 7.02. The van der Waals surface area contributed by atoms with Gasteiger partial charge in [-0.05, 0) is 19.4 Å². The van der Waals surface area contributed by atoms with E-state index in [0.29, 0.717) is 13.0 Å². The van der Waals surface area contributed by atoms with E-state index >= 15 is 0 Å². The van der Waals surface area contributed by atoms with Crippen LogP contribution in [0.5, 0.6) is 0 Å². The van der Waals surface area contributed by atoms with E-state index in [1.165, 1.54) is 11.3 Å². The zero-order valence-corrected chi connectivity index (χ0v) is 9.72. The first-order valence-corrected chi connectivity index (χ1v) is 5.94. The Morgan fingerprint density at radius 2 is 2.44 bits per heavy atom. The van der Waals surface area contributed by atoms with Gasteiger partial charge in [0.15, 0.2) is 0 Å². The summed E-state index contributed by atoms with van der Waals surface area (Å²) in [7, 11) is 0. The third kappa shape index (κ3) is 4.94. The van der Waals surface area contributed by atoms with Crippen molar-refractivity contribution in [3.8, 4) is 0 Å². The zero-order chi connectivity index (χ0) is 11.8. The quantitative estimate of drug-likeness (QED) is 0.184. The molecule has 1 aromatic heterocycles. The lowest BCUT2D eigenvalue weighted by Gasteiger charge is -2.02. The van der Waals surface area contributed by atoms with Crippen LogP contribution in [0.3, 0.4) is 0 Å². The fourth-order valence-corrected chi connectivity index (χ4v) is 1.81. The van der Waals surface area contributed by atoms with E-state index < -0.39 is 0 Å². The summed E-state index contributed by atoms with van der Waals surface area (Å²) < 4.78 is 0. The predicted molar refractivity (Wildman–Crippen MR) is 63.9 cm³/mol. The molecule has 0 spiro atoms. The number of nitrogens with two attached hydrogens (primary N) is 1. The molecule has 0 aromatic carbocycles. The molecule has 0 atom stereocenters. The first kappa shape index (κ1) is 12.7. The van der Waals surface area contributed by atoms with Crippen molar-refractivity contribution >= 4 is 17.2 Å². The molecule has 0 amide bonds. The van der Waals surface area contributed by atoms with Crippen LogP contribution < -0.4 is 15.9 Å². The molecule has 0 radical (unpaired) electrons. The smallest absolute Gasteiger partial charge is 0.304 e. The van der Waals surface area contributed by atoms with Crippen LogP contribution in [0.4, 0.5) is 0 Å². The topological polar surface area (TPSA) is 104 Å². The summed E-state index contributed by atoms with van der Waals surface area (Å²) in [5.41, 5.74) is 6.23. The average Bonchev–Trinajstić information content (AvgIpc) is 2.69. The SMILES string of the molecule is NC(CCCCNCc1csc(=O)[nH]1)=NO. The van der Waals surface area contributed by atoms with Gasteiger partial charge in [-0.3, -0.25) is 4.79 Å². The molecule has 1 heterocycles. The van der Waals surface area contributed by atoms with Crippen molar-refractivity contribution in [2.24, 2.45) is 10.9 Å². The first-order chi connectivity index (χ1) is 7.72. The molecule has 7 heteroatoms. The number of hydrogen-bond donors (Lipinski definition) is 4. The lowest BCUT2D eigenvalue weighted by atomic mass is 10.2. The molecule has 0 saturated heterocycles. The molecule has 0 saturated carbocycles. The highest BCUT2D eigenvalue weighted by atomic mass is 32.1. The molecular formula is C9H16N4O2S. The van der Waals surface area contributed by atoms with E-state index in [4.69, 9.17) is 10.9 Å². The number of amidine groups is 1. The van der Waals surface area contributed by atoms with Crippen LogP contribution >= 0.6 is 11.3 Å². The molecule has 5 N–H and O–H groups in total. The van der Waals surface area contributed by atoms with Gasteiger partial charge in [-0.15, -0.1) is 0 Å². The fourth-order valence-electron chi connectivity index (χ4n) is 1.23. The number of nitrogens with one attached hydrogen (secondary N) is 2. The predicted octanol–water partition coefficient (Wildman–Crippen LogP) is 0.443. The molecule has 16 heavy (non-hydrogen) atoms. The normalized spacial score (nSPS) is 11.9. The Morgan fingerprint density at radius 3 is 3.06 bits per heavy atom. The molecule has 0 bridgehead atoms. The van der Waals surface area contributed by atoms with Crippen molar-refractivity contribution in [2.75, 3.05) is 6.54 Å². The molecule has 1 aromatic rings. The van der Waals surface area contributed by atoms with Crippen LogP contribution in [0.1, 0.15) is 25.0 Å². The van der Waals surface area contributed by atoms with Crippen LogP contribution in [-0.4, -0.2) is 22.6 Å². The average molecular weight is 244 g/mol. The summed E-state index contributed by atoms with van der Waals surface area (Å²) in [6.45, 7) is 1.51. The Labute approximate surface area is 97.2 Å². The van der Waals surface area contributed by atoms with Gasteiger partial charge in [0.1, 0.15) is 5.84 Å². The molecule has 0 fully saturated rings. The molecule has 0 aliphatic heterocycles. The van der Waals surface area contributed by atoms with Crippen molar-refractivity contribution in [1.29, 1.82) is 0 Å². The molecule has 90 valence electrons. The minimum atomic E-state index is -0.0243. The van der Waals surface area contributed by atoms with Gasteiger partial charge >= 0.3 is 4.87 Å². The van der Waals surface area contributed by atoms with Crippen molar-refractivity contribution in [2.45, 2.75) is 25.8 Å². The lowest BCUT2D eigenvalue weighted by Crippen LogP contribution is -2.17. The van der Waals surface area contributed by atoms with Crippen LogP contribution in [0.15, 0.2) is 15.3 Å². The minimum absolute atomic E-state index is 0.0243. The van der Waals surface area contributed by atoms with Gasteiger partial charge in [-0.2, -0.15) is 0 Å². The van der Waals surface area contributed by atoms with Crippen LogP contribution in [0.25, 0.3) is 0 Å². The number of thiazole rings is 1. The Morgan fingerprint density at radius 1 is 1.62 bits per heavy atom. The number of aromatic nitrogens is 1. The maximum absolute atomic E-state index is 10.8. The summed E-state index contributed by atoms with van der Waals surface area (Å²) in [5, 5.41) is 16.2. The number of aromatic amines is 1. The number of nitrogens with zero attached hydrogens (tertiary/aromatic N) is 1. The van der Waals surface area contributed by atoms with Crippen molar-refractivity contribution in [3.63, 3.8) is 0 Å². The van der Waals surface area contributed by atoms with Gasteiger partial charge in [0.2, 0.25) is 0 Å². The van der Waals surface area contributed by atoms with E-state index in [9.17, 15) is 4.79 Å². The van der Waals surface area contributed by atoms with Gasteiger partial charge < -0.3 is 21.2 Å². The first-order valence-electron chi connectivity index (χ1n) is 5.06. The van der Waals surface area contributed by atoms with Crippen LogP contribution in [0, 0.1) is 0 Å². The number of oxime groups is 1. The summed E-state index contributed by atoms with van der Waals surface area (Å²) in [6, 6.07) is 0. The van der Waals surface area contributed by atoms with E-state index in [2.05, 4.69) is 15.5 Å². The number of unbranched alkanes of at least 4 members (excludes halogenated alkanes) is 1. The van der Waals surface area contributed by atoms with E-state index in [-0.39, 0.29) is 10.7 Å². The Balaban J connectivity index is 2.02. The highest BCUT2D eigenvalue weighted by Crippen LogP contribution is 1.96. The zero-order valence-electron chi connectivity index (χ0n) is 8.90. The summed E-state index contributed by atoms with van der Waals surface area (Å²) >= 11 is 1.17. The largest absolute Gasteiger partial charge is 0.409 e. The van der Waals surface area contributed by atoms with Crippen molar-refractivity contribution < 1.29 is 5.21 Å². The number of rotatable bonds is 7. The van der Waals surface area contributed by atoms with Crippen LogP contribution in [0.2, 0.25) is 0 Å². The molecular weight excluding hydrogens is 228 g/mol. The minimum Gasteiger partial charge on any atom is -0.409 e. The molecule has 0 unspecified atom stereocenters. The summed E-state index contributed by atoms with van der Waals surface area (Å²) in [4.78, 5) is 13.5. The van der Waals surface area contributed by atoms with Gasteiger partial charge in [0, 0.05) is 24.0 Å². The Bertz CT molecular complexity index is 385. The van der Waals surface area contributed by atoms with Gasteiger partial charge in [-0.1, -0.05) is 16.5 Å². The lowest BCUT2D eigenvalue weighted by molar-refractivity contribution is 0.316. The third-order valence-electron chi connectivity index (χ3n) is 2.05.